The second-order valence-electron chi connectivity index (χ2n) is 10.1. The number of nitrogens with one attached hydrogen (secondary N) is 1. The van der Waals surface area contributed by atoms with Crippen molar-refractivity contribution in [3.8, 4) is 16.8 Å². The van der Waals surface area contributed by atoms with Gasteiger partial charge in [-0.3, -0.25) is 9.59 Å². The fraction of sp³-hybridized carbons (Fsp3) is 0.267. The molecule has 0 unspecified atom stereocenters. The van der Waals surface area contributed by atoms with E-state index in [-0.39, 0.29) is 29.2 Å². The predicted molar refractivity (Wildman–Crippen MR) is 141 cm³/mol. The molecule has 0 bridgehead atoms. The third-order valence-electron chi connectivity index (χ3n) is 7.42. The number of ketones is 1. The van der Waals surface area contributed by atoms with Crippen LogP contribution in [0.25, 0.3) is 16.8 Å². The van der Waals surface area contributed by atoms with E-state index in [1.165, 1.54) is 10.6 Å². The first-order valence-electron chi connectivity index (χ1n) is 12.9. The zero-order chi connectivity index (χ0) is 26.2. The molecule has 2 aliphatic rings. The summed E-state index contributed by atoms with van der Waals surface area (Å²) < 4.78 is 16.7. The van der Waals surface area contributed by atoms with Crippen molar-refractivity contribution < 1.29 is 14.0 Å². The average molecular weight is 511 g/mol. The van der Waals surface area contributed by atoms with Crippen LogP contribution >= 0.6 is 0 Å². The van der Waals surface area contributed by atoms with Crippen molar-refractivity contribution in [2.75, 3.05) is 13.1 Å². The Hall–Kier alpha value is -4.33. The number of carbonyl (C=O) groups excluding carboxylic acids is 2. The first kappa shape index (κ1) is 24.0. The standard InChI is InChI=1S/C30H27FN4O3/c31-25-17-23(22-7-4-8-24(16-22)28(36)20-5-2-1-3-6-20)11-12-26(25)35-27(32-33-30(35)38)15-19-13-14-34(18-19)29(37)21-9-10-21/h1-8,11-12,16-17,19,21H,9-10,13-15,18H2,(H,33,38)/t19-/m0/s1. The Labute approximate surface area is 218 Å². The van der Waals surface area contributed by atoms with Crippen molar-refractivity contribution >= 4 is 11.7 Å². The minimum Gasteiger partial charge on any atom is -0.342 e. The van der Waals surface area contributed by atoms with Gasteiger partial charge in [0.25, 0.3) is 0 Å². The molecule has 3 aromatic carbocycles. The second kappa shape index (κ2) is 9.85. The number of hydrogen-bond donors (Lipinski definition) is 1. The summed E-state index contributed by atoms with van der Waals surface area (Å²) in [7, 11) is 0. The average Bonchev–Trinajstić information content (AvgIpc) is 3.60. The van der Waals surface area contributed by atoms with Gasteiger partial charge in [0, 0.05) is 36.6 Å². The molecule has 2 heterocycles. The molecule has 1 saturated heterocycles. The number of carbonyl (C=O) groups is 2. The van der Waals surface area contributed by atoms with Gasteiger partial charge in [-0.2, -0.15) is 5.10 Å². The molecule has 0 radical (unpaired) electrons. The van der Waals surface area contributed by atoms with Gasteiger partial charge < -0.3 is 4.90 Å². The monoisotopic (exact) mass is 510 g/mol. The van der Waals surface area contributed by atoms with Crippen LogP contribution in [-0.2, 0) is 11.2 Å². The number of likely N-dealkylation sites (tertiary alicyclic amines) is 1. The Kier molecular flexibility index (Phi) is 6.23. The van der Waals surface area contributed by atoms with Gasteiger partial charge >= 0.3 is 5.69 Å². The molecule has 1 saturated carbocycles. The van der Waals surface area contributed by atoms with Crippen molar-refractivity contribution in [2.45, 2.75) is 25.7 Å². The molecule has 0 spiro atoms. The van der Waals surface area contributed by atoms with E-state index in [2.05, 4.69) is 10.2 Å². The summed E-state index contributed by atoms with van der Waals surface area (Å²) in [6.45, 7) is 1.35. The molecule has 7 nitrogen and oxygen atoms in total. The van der Waals surface area contributed by atoms with Gasteiger partial charge in [-0.15, -0.1) is 0 Å². The second-order valence-corrected chi connectivity index (χ2v) is 10.1. The Balaban J connectivity index is 1.23. The molecule has 6 rings (SSSR count). The van der Waals surface area contributed by atoms with Crippen molar-refractivity contribution in [3.05, 3.63) is 106 Å². The van der Waals surface area contributed by atoms with Crippen LogP contribution in [-0.4, -0.2) is 44.4 Å². The Morgan fingerprint density at radius 1 is 0.921 bits per heavy atom. The van der Waals surface area contributed by atoms with Crippen molar-refractivity contribution in [2.24, 2.45) is 11.8 Å². The van der Waals surface area contributed by atoms with E-state index in [9.17, 15) is 14.4 Å². The van der Waals surface area contributed by atoms with Crippen LogP contribution in [0.4, 0.5) is 4.39 Å². The summed E-state index contributed by atoms with van der Waals surface area (Å²) in [5.41, 5.74) is 1.99. The smallest absolute Gasteiger partial charge is 0.342 e. The maximum absolute atomic E-state index is 15.4. The summed E-state index contributed by atoms with van der Waals surface area (Å²) >= 11 is 0. The van der Waals surface area contributed by atoms with E-state index in [1.807, 2.05) is 29.2 Å². The van der Waals surface area contributed by atoms with E-state index >= 15 is 4.39 Å². The zero-order valence-corrected chi connectivity index (χ0v) is 20.8. The fourth-order valence-electron chi connectivity index (χ4n) is 5.23. The molecule has 1 aromatic heterocycles. The fourth-order valence-corrected chi connectivity index (χ4v) is 5.23. The van der Waals surface area contributed by atoms with Crippen LogP contribution in [0.5, 0.6) is 0 Å². The Bertz CT molecular complexity index is 1570. The van der Waals surface area contributed by atoms with Gasteiger partial charge in [-0.25, -0.2) is 18.9 Å². The van der Waals surface area contributed by atoms with Crippen molar-refractivity contribution in [3.63, 3.8) is 0 Å². The number of amides is 1. The normalized spacial score (nSPS) is 17.1. The molecule has 38 heavy (non-hydrogen) atoms. The first-order valence-corrected chi connectivity index (χ1v) is 12.9. The lowest BCUT2D eigenvalue weighted by atomic mass is 9.98. The number of aromatic amines is 1. The predicted octanol–water partition coefficient (Wildman–Crippen LogP) is 4.40. The van der Waals surface area contributed by atoms with Crippen LogP contribution < -0.4 is 5.69 Å². The van der Waals surface area contributed by atoms with Crippen LogP contribution in [0.3, 0.4) is 0 Å². The zero-order valence-electron chi connectivity index (χ0n) is 20.8. The van der Waals surface area contributed by atoms with E-state index in [1.54, 1.807) is 42.5 Å². The molecule has 8 heteroatoms. The number of hydrogen-bond acceptors (Lipinski definition) is 4. The van der Waals surface area contributed by atoms with E-state index in [0.29, 0.717) is 47.6 Å². The summed E-state index contributed by atoms with van der Waals surface area (Å²) in [5.74, 6) is 0.347. The largest absolute Gasteiger partial charge is 0.348 e. The van der Waals surface area contributed by atoms with Crippen LogP contribution in [0, 0.1) is 17.7 Å². The highest BCUT2D eigenvalue weighted by molar-refractivity contribution is 6.09. The summed E-state index contributed by atoms with van der Waals surface area (Å²) in [4.78, 5) is 39.8. The van der Waals surface area contributed by atoms with Gasteiger partial charge in [0.2, 0.25) is 5.91 Å². The lowest BCUT2D eigenvalue weighted by Crippen LogP contribution is -2.30. The molecule has 192 valence electrons. The van der Waals surface area contributed by atoms with E-state index in [4.69, 9.17) is 0 Å². The number of nitrogens with zero attached hydrogens (tertiary/aromatic N) is 3. The quantitative estimate of drug-likeness (QED) is 0.374. The molecular formula is C30H27FN4O3. The third-order valence-corrected chi connectivity index (χ3v) is 7.42. The van der Waals surface area contributed by atoms with Crippen LogP contribution in [0.1, 0.15) is 41.0 Å². The van der Waals surface area contributed by atoms with Gasteiger partial charge in [-0.05, 0) is 54.5 Å². The number of benzene rings is 3. The SMILES string of the molecule is O=C(c1ccccc1)c1cccc(-c2ccc(-n3c(C[C@@H]4CCN(C(=O)C5CC5)C4)n[nH]c3=O)c(F)c2)c1. The van der Waals surface area contributed by atoms with Crippen LogP contribution in [0.15, 0.2) is 77.6 Å². The van der Waals surface area contributed by atoms with E-state index in [0.717, 1.165) is 19.3 Å². The molecule has 1 N–H and O–H groups in total. The van der Waals surface area contributed by atoms with E-state index < -0.39 is 11.5 Å². The summed E-state index contributed by atoms with van der Waals surface area (Å²) in [6, 6.07) is 20.8. The molecule has 1 amide bonds. The summed E-state index contributed by atoms with van der Waals surface area (Å²) in [6.07, 6.45) is 3.25. The van der Waals surface area contributed by atoms with Crippen molar-refractivity contribution in [1.82, 2.24) is 19.7 Å². The molecular weight excluding hydrogens is 483 g/mol. The molecule has 1 aliphatic heterocycles. The van der Waals surface area contributed by atoms with Gasteiger partial charge in [-0.1, -0.05) is 54.6 Å². The van der Waals surface area contributed by atoms with Gasteiger partial charge in [0.05, 0.1) is 5.69 Å². The Morgan fingerprint density at radius 2 is 1.68 bits per heavy atom. The van der Waals surface area contributed by atoms with Crippen molar-refractivity contribution in [1.29, 1.82) is 0 Å². The maximum Gasteiger partial charge on any atom is 0.348 e. The topological polar surface area (TPSA) is 88.1 Å². The highest BCUT2D eigenvalue weighted by Crippen LogP contribution is 2.33. The lowest BCUT2D eigenvalue weighted by molar-refractivity contribution is -0.131. The summed E-state index contributed by atoms with van der Waals surface area (Å²) in [5, 5.41) is 6.63. The minimum atomic E-state index is -0.566. The number of H-pyrrole nitrogens is 1. The number of rotatable bonds is 7. The lowest BCUT2D eigenvalue weighted by Gasteiger charge is -2.16. The molecule has 1 atom stereocenters. The molecule has 2 fully saturated rings. The Morgan fingerprint density at radius 3 is 2.45 bits per heavy atom. The highest BCUT2D eigenvalue weighted by Gasteiger charge is 2.37. The third kappa shape index (κ3) is 4.69. The highest BCUT2D eigenvalue weighted by atomic mass is 19.1. The number of halogens is 1. The van der Waals surface area contributed by atoms with Gasteiger partial charge in [0.1, 0.15) is 11.6 Å². The first-order chi connectivity index (χ1) is 18.5. The molecule has 1 aliphatic carbocycles. The van der Waals surface area contributed by atoms with Crippen LogP contribution in [0.2, 0.25) is 0 Å². The minimum absolute atomic E-state index is 0.108. The molecule has 4 aromatic rings. The van der Waals surface area contributed by atoms with Gasteiger partial charge in [0.15, 0.2) is 5.78 Å². The number of aromatic nitrogens is 3. The maximum atomic E-state index is 15.4.